The van der Waals surface area contributed by atoms with E-state index in [0.717, 1.165) is 28.2 Å². The van der Waals surface area contributed by atoms with Gasteiger partial charge in [-0.25, -0.2) is 9.50 Å². The molecule has 0 saturated carbocycles. The maximum Gasteiger partial charge on any atom is 0.186 e. The van der Waals surface area contributed by atoms with Crippen LogP contribution in [0.3, 0.4) is 0 Å². The first-order chi connectivity index (χ1) is 14.8. The molecule has 0 fully saturated rings. The average Bonchev–Trinajstić information content (AvgIpc) is 3.13. The van der Waals surface area contributed by atoms with Gasteiger partial charge >= 0.3 is 0 Å². The topological polar surface area (TPSA) is 80.9 Å². The quantitative estimate of drug-likeness (QED) is 0.379. The molecule has 30 heavy (non-hydrogen) atoms. The molecule has 0 aliphatic heterocycles. The molecule has 0 amide bonds. The molecule has 0 radical (unpaired) electrons. The van der Waals surface area contributed by atoms with Crippen molar-refractivity contribution in [2.75, 3.05) is 5.73 Å². The van der Waals surface area contributed by atoms with Crippen molar-refractivity contribution in [3.05, 3.63) is 97.1 Å². The smallest absolute Gasteiger partial charge is 0.186 e. The molecule has 2 N–H and O–H groups in total. The summed E-state index contributed by atoms with van der Waals surface area (Å²) >= 11 is 0. The second-order valence-corrected chi connectivity index (χ2v) is 6.76. The molecule has 0 aliphatic rings. The van der Waals surface area contributed by atoms with Crippen LogP contribution in [0, 0.1) is 0 Å². The zero-order valence-electron chi connectivity index (χ0n) is 16.1. The Balaban J connectivity index is 1.74. The van der Waals surface area contributed by atoms with E-state index >= 15 is 0 Å². The van der Waals surface area contributed by atoms with E-state index in [-0.39, 0.29) is 5.82 Å². The van der Waals surface area contributed by atoms with Crippen molar-refractivity contribution in [3.63, 3.8) is 0 Å². The summed E-state index contributed by atoms with van der Waals surface area (Å²) in [5.74, 6) is 0.282. The van der Waals surface area contributed by atoms with Crippen LogP contribution in [0.15, 0.2) is 107 Å². The van der Waals surface area contributed by atoms with Gasteiger partial charge in [-0.2, -0.15) is 5.11 Å². The molecule has 0 unspecified atom stereocenters. The van der Waals surface area contributed by atoms with Crippen LogP contribution in [0.5, 0.6) is 0 Å². The number of rotatable bonds is 4. The monoisotopic (exact) mass is 390 g/mol. The third-order valence-corrected chi connectivity index (χ3v) is 4.75. The minimum Gasteiger partial charge on any atom is -0.380 e. The molecule has 6 nitrogen and oxygen atoms in total. The molecule has 0 saturated heterocycles. The van der Waals surface area contributed by atoms with Crippen molar-refractivity contribution >= 4 is 22.8 Å². The summed E-state index contributed by atoms with van der Waals surface area (Å²) in [6.45, 7) is 0. The number of nitrogen functional groups attached to an aromatic ring is 1. The van der Waals surface area contributed by atoms with E-state index in [1.807, 2.05) is 97.1 Å². The molecule has 144 valence electrons. The summed E-state index contributed by atoms with van der Waals surface area (Å²) in [6, 6.07) is 31.6. The van der Waals surface area contributed by atoms with E-state index in [9.17, 15) is 0 Å². The van der Waals surface area contributed by atoms with Gasteiger partial charge in [-0.1, -0.05) is 78.9 Å². The van der Waals surface area contributed by atoms with Crippen LogP contribution in [-0.2, 0) is 0 Å². The molecule has 2 heterocycles. The molecule has 0 spiro atoms. The molecule has 2 aromatic heterocycles. The minimum absolute atomic E-state index is 0.282. The van der Waals surface area contributed by atoms with Crippen LogP contribution in [0.4, 0.5) is 17.2 Å². The number of hydrogen-bond donors (Lipinski definition) is 1. The van der Waals surface area contributed by atoms with Crippen LogP contribution in [0.1, 0.15) is 0 Å². The lowest BCUT2D eigenvalue weighted by molar-refractivity contribution is 0.955. The third-order valence-electron chi connectivity index (χ3n) is 4.75. The van der Waals surface area contributed by atoms with E-state index in [2.05, 4.69) is 15.3 Å². The van der Waals surface area contributed by atoms with Gasteiger partial charge in [0.2, 0.25) is 0 Å². The van der Waals surface area contributed by atoms with Crippen LogP contribution in [0.2, 0.25) is 0 Å². The fourth-order valence-corrected chi connectivity index (χ4v) is 3.29. The van der Waals surface area contributed by atoms with Gasteiger partial charge < -0.3 is 5.73 Å². The zero-order chi connectivity index (χ0) is 20.3. The molecule has 0 bridgehead atoms. The highest BCUT2D eigenvalue weighted by Gasteiger charge is 2.17. The van der Waals surface area contributed by atoms with Gasteiger partial charge in [0.15, 0.2) is 17.2 Å². The van der Waals surface area contributed by atoms with Gasteiger partial charge in [-0.05, 0) is 18.2 Å². The molecule has 6 heteroatoms. The number of anilines is 1. The molecule has 0 atom stereocenters. The standard InChI is InChI=1S/C24H18N6/c25-23-22(28-27-19-14-8-3-9-15-19)24-26-20(17-10-4-1-5-11-17)16-21(30(24)29-23)18-12-6-2-7-13-18/h1-16H,(H2,25,29). The average molecular weight is 390 g/mol. The SMILES string of the molecule is Nc1nn2c(-c3ccccc3)cc(-c3ccccc3)nc2c1N=Nc1ccccc1. The Bertz CT molecular complexity index is 1330. The Kier molecular flexibility index (Phi) is 4.50. The second kappa shape index (κ2) is 7.60. The number of fused-ring (bicyclic) bond motifs is 1. The van der Waals surface area contributed by atoms with Gasteiger partial charge in [-0.3, -0.25) is 0 Å². The van der Waals surface area contributed by atoms with E-state index in [0.29, 0.717) is 11.3 Å². The zero-order valence-corrected chi connectivity index (χ0v) is 16.1. The molecular formula is C24H18N6. The normalized spacial score (nSPS) is 11.3. The number of aromatic nitrogens is 3. The van der Waals surface area contributed by atoms with Gasteiger partial charge in [0.25, 0.3) is 0 Å². The van der Waals surface area contributed by atoms with Crippen molar-refractivity contribution in [1.29, 1.82) is 0 Å². The maximum atomic E-state index is 6.23. The molecule has 0 aliphatic carbocycles. The maximum absolute atomic E-state index is 6.23. The van der Waals surface area contributed by atoms with Crippen LogP contribution >= 0.6 is 0 Å². The second-order valence-electron chi connectivity index (χ2n) is 6.76. The first-order valence-corrected chi connectivity index (χ1v) is 9.56. The molecule has 5 aromatic rings. The Morgan fingerprint density at radius 2 is 1.30 bits per heavy atom. The van der Waals surface area contributed by atoms with Gasteiger partial charge in [0.05, 0.1) is 17.1 Å². The van der Waals surface area contributed by atoms with E-state index in [1.165, 1.54) is 0 Å². The molecule has 3 aromatic carbocycles. The van der Waals surface area contributed by atoms with Crippen LogP contribution in [0.25, 0.3) is 28.2 Å². The summed E-state index contributed by atoms with van der Waals surface area (Å²) in [5, 5.41) is 13.2. The highest BCUT2D eigenvalue weighted by atomic mass is 15.3. The molecular weight excluding hydrogens is 372 g/mol. The van der Waals surface area contributed by atoms with Crippen molar-refractivity contribution in [3.8, 4) is 22.5 Å². The van der Waals surface area contributed by atoms with Gasteiger partial charge in [-0.15, -0.1) is 10.2 Å². The number of nitrogens with two attached hydrogens (primary N) is 1. The number of hydrogen-bond acceptors (Lipinski definition) is 5. The Labute approximate surface area is 173 Å². The summed E-state index contributed by atoms with van der Waals surface area (Å²) in [7, 11) is 0. The lowest BCUT2D eigenvalue weighted by Gasteiger charge is -2.08. The summed E-state index contributed by atoms with van der Waals surface area (Å²) < 4.78 is 1.73. The Morgan fingerprint density at radius 3 is 1.97 bits per heavy atom. The van der Waals surface area contributed by atoms with Gasteiger partial charge in [0.1, 0.15) is 0 Å². The van der Waals surface area contributed by atoms with Crippen molar-refractivity contribution in [2.24, 2.45) is 10.2 Å². The largest absolute Gasteiger partial charge is 0.380 e. The van der Waals surface area contributed by atoms with E-state index in [4.69, 9.17) is 10.7 Å². The fourth-order valence-electron chi connectivity index (χ4n) is 3.29. The first kappa shape index (κ1) is 17.8. The van der Waals surface area contributed by atoms with E-state index in [1.54, 1.807) is 4.52 Å². The number of nitrogens with zero attached hydrogens (tertiary/aromatic N) is 5. The first-order valence-electron chi connectivity index (χ1n) is 9.56. The van der Waals surface area contributed by atoms with Crippen LogP contribution < -0.4 is 5.73 Å². The Morgan fingerprint density at radius 1 is 0.700 bits per heavy atom. The predicted octanol–water partition coefficient (Wildman–Crippen LogP) is 6.06. The van der Waals surface area contributed by atoms with Crippen molar-refractivity contribution in [1.82, 2.24) is 14.6 Å². The highest BCUT2D eigenvalue weighted by Crippen LogP contribution is 2.34. The lowest BCUT2D eigenvalue weighted by atomic mass is 10.1. The van der Waals surface area contributed by atoms with Crippen LogP contribution in [-0.4, -0.2) is 14.6 Å². The Hall–Kier alpha value is -4.32. The fraction of sp³-hybridized carbons (Fsp3) is 0. The lowest BCUT2D eigenvalue weighted by Crippen LogP contribution is -1.98. The highest BCUT2D eigenvalue weighted by molar-refractivity contribution is 5.81. The third kappa shape index (κ3) is 3.31. The molecule has 5 rings (SSSR count). The predicted molar refractivity (Wildman–Crippen MR) is 119 cm³/mol. The van der Waals surface area contributed by atoms with Gasteiger partial charge in [0, 0.05) is 11.1 Å². The van der Waals surface area contributed by atoms with E-state index < -0.39 is 0 Å². The number of azo groups is 1. The summed E-state index contributed by atoms with van der Waals surface area (Å²) in [6.07, 6.45) is 0. The summed E-state index contributed by atoms with van der Waals surface area (Å²) in [4.78, 5) is 4.83. The summed E-state index contributed by atoms with van der Waals surface area (Å²) in [5.41, 5.74) is 11.7. The van der Waals surface area contributed by atoms with Crippen molar-refractivity contribution < 1.29 is 0 Å². The number of benzene rings is 3. The van der Waals surface area contributed by atoms with Crippen molar-refractivity contribution in [2.45, 2.75) is 0 Å². The minimum atomic E-state index is 0.282.